The van der Waals surface area contributed by atoms with Gasteiger partial charge in [-0.2, -0.15) is 9.61 Å². The van der Waals surface area contributed by atoms with Gasteiger partial charge in [0, 0.05) is 12.6 Å². The molecule has 0 aromatic carbocycles. The number of hydrogen-bond acceptors (Lipinski definition) is 4. The smallest absolute Gasteiger partial charge is 0.177 e. The third-order valence-corrected chi connectivity index (χ3v) is 3.48. The highest BCUT2D eigenvalue weighted by atomic mass is 15.4. The van der Waals surface area contributed by atoms with Crippen molar-refractivity contribution in [3.63, 3.8) is 0 Å². The molecule has 0 aliphatic carbocycles. The Morgan fingerprint density at radius 1 is 1.29 bits per heavy atom. The number of aromatic nitrogens is 4. The third kappa shape index (κ3) is 2.29. The first kappa shape index (κ1) is 10.7. The molecule has 3 rings (SSSR count). The van der Waals surface area contributed by atoms with E-state index in [0.29, 0.717) is 0 Å². The monoisotopic (exact) mass is 231 g/mol. The Morgan fingerprint density at radius 2 is 2.18 bits per heavy atom. The number of rotatable bonds is 3. The normalized spacial score (nSPS) is 17.6. The number of hydrogen-bond donors (Lipinski definition) is 1. The van der Waals surface area contributed by atoms with Crippen molar-refractivity contribution in [3.05, 3.63) is 24.2 Å². The fraction of sp³-hybridized carbons (Fsp3) is 0.583. The van der Waals surface area contributed by atoms with Crippen molar-refractivity contribution < 1.29 is 0 Å². The third-order valence-electron chi connectivity index (χ3n) is 3.48. The van der Waals surface area contributed by atoms with Gasteiger partial charge in [0.25, 0.3) is 0 Å². The van der Waals surface area contributed by atoms with Gasteiger partial charge in [-0.3, -0.25) is 0 Å². The number of nitrogens with zero attached hydrogens (tertiary/aromatic N) is 4. The summed E-state index contributed by atoms with van der Waals surface area (Å²) in [4.78, 5) is 0. The summed E-state index contributed by atoms with van der Waals surface area (Å²) in [5, 5.41) is 16.0. The Hall–Kier alpha value is -1.49. The topological polar surface area (TPSA) is 55.1 Å². The predicted molar refractivity (Wildman–Crippen MR) is 64.7 cm³/mol. The largest absolute Gasteiger partial charge is 0.317 e. The summed E-state index contributed by atoms with van der Waals surface area (Å²) in [5.41, 5.74) is 0.841. The van der Waals surface area contributed by atoms with Crippen molar-refractivity contribution in [2.75, 3.05) is 13.1 Å². The average Bonchev–Trinajstić information content (AvgIpc) is 2.81. The second-order valence-electron chi connectivity index (χ2n) is 4.64. The molecule has 1 aliphatic rings. The second kappa shape index (κ2) is 4.79. The number of aryl methyl sites for hydroxylation is 1. The zero-order valence-electron chi connectivity index (χ0n) is 9.84. The molecule has 1 saturated heterocycles. The molecule has 0 amide bonds. The highest BCUT2D eigenvalue weighted by molar-refractivity contribution is 5.34. The fourth-order valence-electron chi connectivity index (χ4n) is 2.45. The lowest BCUT2D eigenvalue weighted by atomic mass is 9.93. The molecule has 17 heavy (non-hydrogen) atoms. The highest BCUT2D eigenvalue weighted by Gasteiger charge is 2.14. The summed E-state index contributed by atoms with van der Waals surface area (Å²) in [7, 11) is 0. The summed E-state index contributed by atoms with van der Waals surface area (Å²) < 4.78 is 1.85. The molecule has 1 aliphatic heterocycles. The summed E-state index contributed by atoms with van der Waals surface area (Å²) in [6.07, 6.45) is 6.51. The first-order chi connectivity index (χ1) is 8.43. The van der Waals surface area contributed by atoms with Gasteiger partial charge in [0.05, 0.1) is 0 Å². The molecule has 0 spiro atoms. The van der Waals surface area contributed by atoms with E-state index >= 15 is 0 Å². The maximum absolute atomic E-state index is 4.28. The Balaban J connectivity index is 1.68. The quantitative estimate of drug-likeness (QED) is 0.858. The van der Waals surface area contributed by atoms with Crippen molar-refractivity contribution in [1.82, 2.24) is 25.1 Å². The number of nitrogens with one attached hydrogen (secondary N) is 1. The van der Waals surface area contributed by atoms with Gasteiger partial charge < -0.3 is 5.32 Å². The van der Waals surface area contributed by atoms with E-state index in [2.05, 4.69) is 20.6 Å². The van der Waals surface area contributed by atoms with Crippen LogP contribution in [-0.2, 0) is 6.42 Å². The maximum Gasteiger partial charge on any atom is 0.177 e. The minimum atomic E-state index is 0.826. The zero-order chi connectivity index (χ0) is 11.5. The lowest BCUT2D eigenvalue weighted by Gasteiger charge is -2.21. The van der Waals surface area contributed by atoms with Gasteiger partial charge in [0.2, 0.25) is 0 Å². The minimum absolute atomic E-state index is 0.826. The van der Waals surface area contributed by atoms with E-state index in [9.17, 15) is 0 Å². The Kier molecular flexibility index (Phi) is 3.00. The van der Waals surface area contributed by atoms with Gasteiger partial charge in [0.15, 0.2) is 11.5 Å². The summed E-state index contributed by atoms with van der Waals surface area (Å²) in [6.45, 7) is 2.31. The van der Waals surface area contributed by atoms with Crippen LogP contribution in [0, 0.1) is 5.92 Å². The average molecular weight is 231 g/mol. The Labute approximate surface area is 100 Å². The summed E-state index contributed by atoms with van der Waals surface area (Å²) in [5.74, 6) is 1.81. The van der Waals surface area contributed by atoms with Crippen LogP contribution in [-0.4, -0.2) is 32.9 Å². The molecule has 0 unspecified atom stereocenters. The van der Waals surface area contributed by atoms with Crippen LogP contribution in [0.25, 0.3) is 5.65 Å². The van der Waals surface area contributed by atoms with E-state index in [-0.39, 0.29) is 0 Å². The Morgan fingerprint density at radius 3 is 3.06 bits per heavy atom. The first-order valence-electron chi connectivity index (χ1n) is 6.29. The summed E-state index contributed by atoms with van der Waals surface area (Å²) >= 11 is 0. The van der Waals surface area contributed by atoms with Gasteiger partial charge >= 0.3 is 0 Å². The van der Waals surface area contributed by atoms with Crippen LogP contribution in [0.1, 0.15) is 25.1 Å². The molecule has 2 aromatic heterocycles. The van der Waals surface area contributed by atoms with Gasteiger partial charge in [0.1, 0.15) is 0 Å². The fourth-order valence-corrected chi connectivity index (χ4v) is 2.45. The predicted octanol–water partition coefficient (Wildman–Crippen LogP) is 1.06. The first-order valence-corrected chi connectivity index (χ1v) is 6.29. The van der Waals surface area contributed by atoms with E-state index < -0.39 is 0 Å². The zero-order valence-corrected chi connectivity index (χ0v) is 9.84. The number of fused-ring (bicyclic) bond motifs is 1. The molecule has 90 valence electrons. The minimum Gasteiger partial charge on any atom is -0.317 e. The molecule has 1 fully saturated rings. The van der Waals surface area contributed by atoms with Crippen molar-refractivity contribution >= 4 is 5.65 Å². The van der Waals surface area contributed by atoms with Crippen LogP contribution in [0.5, 0.6) is 0 Å². The van der Waals surface area contributed by atoms with Gasteiger partial charge in [-0.25, -0.2) is 0 Å². The molecule has 3 heterocycles. The van der Waals surface area contributed by atoms with Crippen LogP contribution in [0.3, 0.4) is 0 Å². The molecule has 5 nitrogen and oxygen atoms in total. The second-order valence-corrected chi connectivity index (χ2v) is 4.64. The van der Waals surface area contributed by atoms with Crippen LogP contribution in [0.2, 0.25) is 0 Å². The molecule has 5 heteroatoms. The van der Waals surface area contributed by atoms with Crippen molar-refractivity contribution in [1.29, 1.82) is 0 Å². The molecule has 0 atom stereocenters. The van der Waals surface area contributed by atoms with Crippen LogP contribution < -0.4 is 5.32 Å². The molecule has 0 bridgehead atoms. The molecule has 1 N–H and O–H groups in total. The maximum atomic E-state index is 4.28. The van der Waals surface area contributed by atoms with Crippen molar-refractivity contribution in [3.8, 4) is 0 Å². The molecule has 2 aromatic rings. The van der Waals surface area contributed by atoms with Crippen LogP contribution >= 0.6 is 0 Å². The van der Waals surface area contributed by atoms with E-state index in [1.54, 1.807) is 6.20 Å². The van der Waals surface area contributed by atoms with Gasteiger partial charge in [-0.1, -0.05) is 0 Å². The number of piperidine rings is 1. The van der Waals surface area contributed by atoms with Gasteiger partial charge in [-0.15, -0.1) is 10.2 Å². The molecule has 0 saturated carbocycles. The van der Waals surface area contributed by atoms with E-state index in [1.165, 1.54) is 19.3 Å². The highest BCUT2D eigenvalue weighted by Crippen LogP contribution is 2.18. The van der Waals surface area contributed by atoms with Crippen LogP contribution in [0.4, 0.5) is 0 Å². The van der Waals surface area contributed by atoms with Crippen LogP contribution in [0.15, 0.2) is 18.3 Å². The van der Waals surface area contributed by atoms with E-state index in [4.69, 9.17) is 0 Å². The van der Waals surface area contributed by atoms with Crippen molar-refractivity contribution in [2.45, 2.75) is 25.7 Å². The lowest BCUT2D eigenvalue weighted by molar-refractivity contribution is 0.351. The lowest BCUT2D eigenvalue weighted by Crippen LogP contribution is -2.28. The standard InChI is InChI=1S/C12H17N5/c1-2-11-15-16-12(17(11)14-7-1)4-3-10-5-8-13-9-6-10/h1-2,7,10,13H,3-6,8-9H2. The van der Waals surface area contributed by atoms with E-state index in [0.717, 1.165) is 36.9 Å². The molecular weight excluding hydrogens is 214 g/mol. The molecular formula is C12H17N5. The van der Waals surface area contributed by atoms with E-state index in [1.807, 2.05) is 16.6 Å². The summed E-state index contributed by atoms with van der Waals surface area (Å²) in [6, 6.07) is 3.83. The van der Waals surface area contributed by atoms with Crippen molar-refractivity contribution in [2.24, 2.45) is 5.92 Å². The molecule has 0 radical (unpaired) electrons. The SMILES string of the molecule is c1cnn2c(CCC3CCNCC3)nnc2c1. The van der Waals surface area contributed by atoms with Gasteiger partial charge in [-0.05, 0) is 50.4 Å². The Bertz CT molecular complexity index is 486.